The summed E-state index contributed by atoms with van der Waals surface area (Å²) in [6.07, 6.45) is 3.62. The molecule has 2 heterocycles. The molecule has 1 aromatic rings. The number of hydrogen-bond donors (Lipinski definition) is 0. The zero-order valence-electron chi connectivity index (χ0n) is 11.4. The van der Waals surface area contributed by atoms with Crippen molar-refractivity contribution >= 4 is 5.69 Å². The molecule has 4 heteroatoms. The van der Waals surface area contributed by atoms with Crippen LogP contribution in [-0.2, 0) is 0 Å². The molecule has 2 aliphatic heterocycles. The highest BCUT2D eigenvalue weighted by Gasteiger charge is 2.29. The molecule has 0 aromatic heterocycles. The molecule has 3 rings (SSSR count). The number of benzene rings is 1. The van der Waals surface area contributed by atoms with E-state index in [1.54, 1.807) is 13.2 Å². The molecular weight excluding hydrogens is 243 g/mol. The number of nitrogens with zero attached hydrogens (tertiary/aromatic N) is 2. The van der Waals surface area contributed by atoms with Crippen LogP contribution < -0.4 is 9.64 Å². The van der Waals surface area contributed by atoms with Gasteiger partial charge in [-0.1, -0.05) is 0 Å². The van der Waals surface area contributed by atoms with Gasteiger partial charge in [-0.25, -0.2) is 4.39 Å². The van der Waals surface area contributed by atoms with Gasteiger partial charge in [-0.15, -0.1) is 0 Å². The van der Waals surface area contributed by atoms with Crippen molar-refractivity contribution in [3.8, 4) is 5.75 Å². The first-order valence-electron chi connectivity index (χ1n) is 7.10. The summed E-state index contributed by atoms with van der Waals surface area (Å²) in [6, 6.07) is 5.59. The lowest BCUT2D eigenvalue weighted by atomic mass is 10.2. The number of halogens is 1. The summed E-state index contributed by atoms with van der Waals surface area (Å²) in [4.78, 5) is 4.74. The molecule has 0 spiro atoms. The Labute approximate surface area is 114 Å². The number of anilines is 1. The van der Waals surface area contributed by atoms with E-state index >= 15 is 0 Å². The van der Waals surface area contributed by atoms with Crippen molar-refractivity contribution in [3.63, 3.8) is 0 Å². The fourth-order valence-corrected chi connectivity index (χ4v) is 3.29. The second-order valence-electron chi connectivity index (χ2n) is 5.45. The van der Waals surface area contributed by atoms with Crippen molar-refractivity contribution in [2.75, 3.05) is 38.2 Å². The van der Waals surface area contributed by atoms with E-state index in [0.29, 0.717) is 11.7 Å². The van der Waals surface area contributed by atoms with Crippen LogP contribution in [0.3, 0.4) is 0 Å². The van der Waals surface area contributed by atoms with Gasteiger partial charge in [0, 0.05) is 31.7 Å². The minimum absolute atomic E-state index is 0.146. The molecule has 0 saturated carbocycles. The fourth-order valence-electron chi connectivity index (χ4n) is 3.29. The number of rotatable bonds is 2. The van der Waals surface area contributed by atoms with Crippen LogP contribution in [0.5, 0.6) is 5.75 Å². The number of fused-ring (bicyclic) bond motifs is 1. The molecule has 0 aliphatic carbocycles. The highest BCUT2D eigenvalue weighted by atomic mass is 19.1. The average Bonchev–Trinajstić information content (AvgIpc) is 2.77. The predicted octanol–water partition coefficient (Wildman–Crippen LogP) is 2.51. The minimum atomic E-state index is -0.146. The first kappa shape index (κ1) is 12.7. The maximum atomic E-state index is 14.1. The standard InChI is InChI=1S/C15H21FN2O/c1-19-13-5-6-14(16)15(10-13)18-9-3-8-17-7-2-4-12(17)11-18/h5-6,10,12H,2-4,7-9,11H2,1H3. The smallest absolute Gasteiger partial charge is 0.146 e. The van der Waals surface area contributed by atoms with Gasteiger partial charge in [0.25, 0.3) is 0 Å². The summed E-state index contributed by atoms with van der Waals surface area (Å²) in [5.74, 6) is 0.580. The Hall–Kier alpha value is -1.29. The third-order valence-electron chi connectivity index (χ3n) is 4.30. The van der Waals surface area contributed by atoms with Crippen molar-refractivity contribution in [1.82, 2.24) is 4.90 Å². The molecule has 0 amide bonds. The molecule has 1 aromatic carbocycles. The van der Waals surface area contributed by atoms with Crippen molar-refractivity contribution in [3.05, 3.63) is 24.0 Å². The molecule has 1 unspecified atom stereocenters. The summed E-state index contributed by atoms with van der Waals surface area (Å²) in [7, 11) is 1.62. The van der Waals surface area contributed by atoms with E-state index in [9.17, 15) is 4.39 Å². The normalized spacial score (nSPS) is 24.1. The first-order valence-corrected chi connectivity index (χ1v) is 7.10. The van der Waals surface area contributed by atoms with Crippen LogP contribution >= 0.6 is 0 Å². The molecule has 1 atom stereocenters. The van der Waals surface area contributed by atoms with Crippen molar-refractivity contribution in [2.24, 2.45) is 0 Å². The van der Waals surface area contributed by atoms with Crippen LogP contribution in [0, 0.1) is 5.82 Å². The highest BCUT2D eigenvalue weighted by molar-refractivity contribution is 5.52. The van der Waals surface area contributed by atoms with Gasteiger partial charge in [-0.2, -0.15) is 0 Å². The van der Waals surface area contributed by atoms with E-state index in [0.717, 1.165) is 31.8 Å². The minimum Gasteiger partial charge on any atom is -0.497 e. The van der Waals surface area contributed by atoms with Crippen LogP contribution in [0.25, 0.3) is 0 Å². The van der Waals surface area contributed by atoms with Gasteiger partial charge in [0.1, 0.15) is 11.6 Å². The monoisotopic (exact) mass is 264 g/mol. The Morgan fingerprint density at radius 2 is 2.05 bits per heavy atom. The maximum Gasteiger partial charge on any atom is 0.146 e. The largest absolute Gasteiger partial charge is 0.497 e. The molecular formula is C15H21FN2O. The average molecular weight is 264 g/mol. The van der Waals surface area contributed by atoms with Crippen LogP contribution in [0.4, 0.5) is 10.1 Å². The molecule has 19 heavy (non-hydrogen) atoms. The van der Waals surface area contributed by atoms with E-state index in [1.165, 1.54) is 25.5 Å². The molecule has 3 nitrogen and oxygen atoms in total. The summed E-state index contributed by atoms with van der Waals surface area (Å²) in [5, 5.41) is 0. The second kappa shape index (κ2) is 5.37. The lowest BCUT2D eigenvalue weighted by molar-refractivity contribution is 0.273. The molecule has 104 valence electrons. The second-order valence-corrected chi connectivity index (χ2v) is 5.45. The number of methoxy groups -OCH3 is 1. The Balaban J connectivity index is 1.84. The van der Waals surface area contributed by atoms with Crippen molar-refractivity contribution in [1.29, 1.82) is 0 Å². The molecule has 0 N–H and O–H groups in total. The highest BCUT2D eigenvalue weighted by Crippen LogP contribution is 2.29. The van der Waals surface area contributed by atoms with Gasteiger partial charge in [0.2, 0.25) is 0 Å². The van der Waals surface area contributed by atoms with E-state index in [1.807, 2.05) is 6.07 Å². The van der Waals surface area contributed by atoms with Gasteiger partial charge in [-0.3, -0.25) is 4.90 Å². The third-order valence-corrected chi connectivity index (χ3v) is 4.30. The predicted molar refractivity (Wildman–Crippen MR) is 74.4 cm³/mol. The number of hydrogen-bond acceptors (Lipinski definition) is 3. The molecule has 2 saturated heterocycles. The Morgan fingerprint density at radius 3 is 2.89 bits per heavy atom. The zero-order valence-corrected chi connectivity index (χ0v) is 11.4. The summed E-state index contributed by atoms with van der Waals surface area (Å²) >= 11 is 0. The van der Waals surface area contributed by atoms with Gasteiger partial charge in [0.15, 0.2) is 0 Å². The molecule has 0 bridgehead atoms. The van der Waals surface area contributed by atoms with E-state index < -0.39 is 0 Å². The molecule has 2 fully saturated rings. The molecule has 2 aliphatic rings. The van der Waals surface area contributed by atoms with Crippen LogP contribution in [0.1, 0.15) is 19.3 Å². The van der Waals surface area contributed by atoms with Gasteiger partial charge >= 0.3 is 0 Å². The van der Waals surface area contributed by atoms with Crippen molar-refractivity contribution in [2.45, 2.75) is 25.3 Å². The van der Waals surface area contributed by atoms with E-state index in [-0.39, 0.29) is 5.82 Å². The van der Waals surface area contributed by atoms with Crippen LogP contribution in [0.2, 0.25) is 0 Å². The van der Waals surface area contributed by atoms with Gasteiger partial charge < -0.3 is 9.64 Å². The Morgan fingerprint density at radius 1 is 1.21 bits per heavy atom. The van der Waals surface area contributed by atoms with Gasteiger partial charge in [0.05, 0.1) is 12.8 Å². The van der Waals surface area contributed by atoms with Crippen LogP contribution in [-0.4, -0.2) is 44.2 Å². The first-order chi connectivity index (χ1) is 9.28. The van der Waals surface area contributed by atoms with Gasteiger partial charge in [-0.05, 0) is 37.9 Å². The van der Waals surface area contributed by atoms with E-state index in [4.69, 9.17) is 4.74 Å². The quantitative estimate of drug-likeness (QED) is 0.816. The zero-order chi connectivity index (χ0) is 13.2. The Bertz CT molecular complexity index is 452. The Kier molecular flexibility index (Phi) is 3.60. The maximum absolute atomic E-state index is 14.1. The fraction of sp³-hybridized carbons (Fsp3) is 0.600. The molecule has 0 radical (unpaired) electrons. The summed E-state index contributed by atoms with van der Waals surface area (Å²) in [6.45, 7) is 4.22. The summed E-state index contributed by atoms with van der Waals surface area (Å²) < 4.78 is 19.3. The van der Waals surface area contributed by atoms with Crippen molar-refractivity contribution < 1.29 is 9.13 Å². The van der Waals surface area contributed by atoms with E-state index in [2.05, 4.69) is 9.80 Å². The third kappa shape index (κ3) is 2.54. The topological polar surface area (TPSA) is 15.7 Å². The SMILES string of the molecule is COc1ccc(F)c(N2CCCN3CCCC3C2)c1. The lowest BCUT2D eigenvalue weighted by Gasteiger charge is -2.27. The van der Waals surface area contributed by atoms with Crippen LogP contribution in [0.15, 0.2) is 18.2 Å². The number of ether oxygens (including phenoxy) is 1. The summed E-state index contributed by atoms with van der Waals surface area (Å²) in [5.41, 5.74) is 0.688. The lowest BCUT2D eigenvalue weighted by Crippen LogP contribution is -2.36.